The van der Waals surface area contributed by atoms with E-state index < -0.39 is 26.5 Å². The normalized spacial score (nSPS) is 13.9. The molecule has 0 heterocycles. The van der Waals surface area contributed by atoms with Crippen molar-refractivity contribution in [2.24, 2.45) is 0 Å². The molecule has 0 aromatic heterocycles. The first-order valence-corrected chi connectivity index (χ1v) is 26.4. The number of phosphoric acid groups is 1. The zero-order valence-electron chi connectivity index (χ0n) is 39.7. The Morgan fingerprint density at radius 1 is 0.452 bits per heavy atom. The fraction of sp³-hybridized carbons (Fsp3) is 0.698. The van der Waals surface area contributed by atoms with E-state index in [-0.39, 0.29) is 32.0 Å². The van der Waals surface area contributed by atoms with Crippen LogP contribution in [0.3, 0.4) is 0 Å². The van der Waals surface area contributed by atoms with Crippen molar-refractivity contribution in [3.63, 3.8) is 0 Å². The van der Waals surface area contributed by atoms with Gasteiger partial charge in [0.05, 0.1) is 13.2 Å². The Bertz CT molecular complexity index is 1280. The molecule has 0 fully saturated rings. The molecule has 1 N–H and O–H groups in total. The number of hydrogen-bond donors (Lipinski definition) is 1. The van der Waals surface area contributed by atoms with Gasteiger partial charge in [-0.1, -0.05) is 189 Å². The van der Waals surface area contributed by atoms with Crippen molar-refractivity contribution in [3.05, 3.63) is 85.1 Å². The Morgan fingerprint density at radius 2 is 0.823 bits per heavy atom. The summed E-state index contributed by atoms with van der Waals surface area (Å²) >= 11 is 0. The van der Waals surface area contributed by atoms with Crippen LogP contribution < -0.4 is 0 Å². The highest BCUT2D eigenvalue weighted by atomic mass is 31.2. The molecule has 0 aromatic carbocycles. The molecular formula is C53H91O8P. The van der Waals surface area contributed by atoms with Crippen LogP contribution in [0.25, 0.3) is 0 Å². The smallest absolute Gasteiger partial charge is 0.462 e. The topological polar surface area (TPSA) is 108 Å². The minimum Gasteiger partial charge on any atom is -0.462 e. The van der Waals surface area contributed by atoms with Crippen molar-refractivity contribution in [1.29, 1.82) is 0 Å². The third kappa shape index (κ3) is 46.7. The SMILES string of the molecule is CC/C=C\C/C=C\C/C=C\C/C=C\C/C=C\CCCCCC(=O)OC(COC(=O)CCCCCCCCCCCCC/C=C\C/C=C\CCCCCCC)COP(=O)(O)OCC. The van der Waals surface area contributed by atoms with E-state index in [9.17, 15) is 19.0 Å². The van der Waals surface area contributed by atoms with Gasteiger partial charge >= 0.3 is 19.8 Å². The van der Waals surface area contributed by atoms with Crippen LogP contribution in [0.4, 0.5) is 0 Å². The Morgan fingerprint density at radius 3 is 1.26 bits per heavy atom. The number of allylic oxidation sites excluding steroid dienone is 14. The first kappa shape index (κ1) is 59.2. The highest BCUT2D eigenvalue weighted by Crippen LogP contribution is 2.43. The summed E-state index contributed by atoms with van der Waals surface area (Å²) in [6.07, 6.45) is 62.2. The highest BCUT2D eigenvalue weighted by Gasteiger charge is 2.25. The number of esters is 2. The number of hydrogen-bond acceptors (Lipinski definition) is 7. The molecule has 356 valence electrons. The molecule has 2 unspecified atom stereocenters. The molecule has 0 saturated heterocycles. The van der Waals surface area contributed by atoms with Crippen LogP contribution in [-0.2, 0) is 32.7 Å². The Labute approximate surface area is 380 Å². The standard InChI is InChI=1S/C53H91O8P/c1-4-7-9-11-13-15-17-19-21-23-25-26-27-28-30-31-33-35-37-39-41-43-45-47-52(54)58-49-51(50-60-62(56,57)59-6-3)61-53(55)48-46-44-42-40-38-36-34-32-29-24-22-20-18-16-14-12-10-8-5-2/h8,10,14,16-17,19-20,22-23,25,29,32,36,38,51H,4-7,9,11-13,15,18,21,24,26-28,30-31,33-35,37,39-50H2,1-3H3,(H,56,57)/b10-8-,16-14-,19-17-,22-20-,25-23-,32-29-,38-36-. The van der Waals surface area contributed by atoms with Gasteiger partial charge < -0.3 is 14.4 Å². The first-order valence-electron chi connectivity index (χ1n) is 24.9. The van der Waals surface area contributed by atoms with Crippen molar-refractivity contribution in [2.75, 3.05) is 19.8 Å². The minimum absolute atomic E-state index is 0.0108. The quantitative estimate of drug-likeness (QED) is 0.0279. The van der Waals surface area contributed by atoms with E-state index >= 15 is 0 Å². The Kier molecular flexibility index (Phi) is 45.6. The van der Waals surface area contributed by atoms with Gasteiger partial charge in [0.15, 0.2) is 6.10 Å². The number of rotatable bonds is 45. The van der Waals surface area contributed by atoms with Crippen LogP contribution in [0.1, 0.15) is 213 Å². The van der Waals surface area contributed by atoms with Gasteiger partial charge in [0, 0.05) is 12.8 Å². The van der Waals surface area contributed by atoms with E-state index in [1.165, 1.54) is 96.3 Å². The second-order valence-electron chi connectivity index (χ2n) is 16.1. The predicted octanol–water partition coefficient (Wildman–Crippen LogP) is 16.2. The molecule has 0 aliphatic carbocycles. The number of phosphoric ester groups is 1. The van der Waals surface area contributed by atoms with Crippen LogP contribution >= 0.6 is 7.82 Å². The Hall–Kier alpha value is -2.77. The van der Waals surface area contributed by atoms with E-state index in [2.05, 4.69) is 98.9 Å². The van der Waals surface area contributed by atoms with Crippen molar-refractivity contribution < 1.29 is 37.6 Å². The summed E-state index contributed by atoms with van der Waals surface area (Å²) in [5.74, 6) is -0.840. The maximum atomic E-state index is 12.6. The van der Waals surface area contributed by atoms with Crippen LogP contribution in [0, 0.1) is 0 Å². The molecule has 0 amide bonds. The summed E-state index contributed by atoms with van der Waals surface area (Å²) in [5, 5.41) is 0. The maximum absolute atomic E-state index is 12.6. The lowest BCUT2D eigenvalue weighted by atomic mass is 10.0. The average molecular weight is 887 g/mol. The second kappa shape index (κ2) is 47.7. The van der Waals surface area contributed by atoms with Crippen LogP contribution in [0.15, 0.2) is 85.1 Å². The molecule has 0 bridgehead atoms. The summed E-state index contributed by atoms with van der Waals surface area (Å²) in [6.45, 7) is 5.32. The molecule has 0 aromatic rings. The van der Waals surface area contributed by atoms with E-state index in [4.69, 9.17) is 18.5 Å². The van der Waals surface area contributed by atoms with Gasteiger partial charge in [0.25, 0.3) is 0 Å². The van der Waals surface area contributed by atoms with Crippen molar-refractivity contribution in [3.8, 4) is 0 Å². The number of unbranched alkanes of at least 4 members (excludes halogenated alkanes) is 19. The van der Waals surface area contributed by atoms with Crippen LogP contribution in [0.5, 0.6) is 0 Å². The molecule has 0 aliphatic heterocycles. The van der Waals surface area contributed by atoms with Crippen molar-refractivity contribution in [1.82, 2.24) is 0 Å². The van der Waals surface area contributed by atoms with Crippen molar-refractivity contribution in [2.45, 2.75) is 219 Å². The van der Waals surface area contributed by atoms with Gasteiger partial charge in [-0.2, -0.15) is 0 Å². The number of carbonyl (C=O) groups excluding carboxylic acids is 2. The molecule has 62 heavy (non-hydrogen) atoms. The van der Waals surface area contributed by atoms with E-state index in [0.717, 1.165) is 77.0 Å². The predicted molar refractivity (Wildman–Crippen MR) is 262 cm³/mol. The molecule has 0 saturated carbocycles. The van der Waals surface area contributed by atoms with Crippen LogP contribution in [-0.4, -0.2) is 42.8 Å². The van der Waals surface area contributed by atoms with E-state index in [1.54, 1.807) is 6.92 Å². The molecule has 0 aliphatic rings. The molecule has 2 atom stereocenters. The summed E-state index contributed by atoms with van der Waals surface area (Å²) in [5.41, 5.74) is 0. The summed E-state index contributed by atoms with van der Waals surface area (Å²) in [6, 6.07) is 0. The van der Waals surface area contributed by atoms with Gasteiger partial charge in [-0.25, -0.2) is 4.57 Å². The largest absolute Gasteiger partial charge is 0.472 e. The Balaban J connectivity index is 4.06. The first-order chi connectivity index (χ1) is 30.3. The summed E-state index contributed by atoms with van der Waals surface area (Å²) in [4.78, 5) is 34.9. The third-order valence-electron chi connectivity index (χ3n) is 10.2. The van der Waals surface area contributed by atoms with Crippen molar-refractivity contribution >= 4 is 19.8 Å². The molecule has 0 rings (SSSR count). The third-order valence-corrected chi connectivity index (χ3v) is 11.2. The molecule has 0 spiro atoms. The summed E-state index contributed by atoms with van der Waals surface area (Å²) in [7, 11) is -4.30. The fourth-order valence-electron chi connectivity index (χ4n) is 6.57. The van der Waals surface area contributed by atoms with E-state index in [1.807, 2.05) is 0 Å². The zero-order valence-corrected chi connectivity index (χ0v) is 40.6. The monoisotopic (exact) mass is 887 g/mol. The minimum atomic E-state index is -4.30. The molecule has 9 heteroatoms. The zero-order chi connectivity index (χ0) is 45.3. The van der Waals surface area contributed by atoms with Gasteiger partial charge in [-0.3, -0.25) is 18.6 Å². The number of ether oxygens (including phenoxy) is 2. The summed E-state index contributed by atoms with van der Waals surface area (Å²) < 4.78 is 32.7. The molecule has 8 nitrogen and oxygen atoms in total. The van der Waals surface area contributed by atoms with Gasteiger partial charge in [-0.15, -0.1) is 0 Å². The highest BCUT2D eigenvalue weighted by molar-refractivity contribution is 7.47. The second-order valence-corrected chi connectivity index (χ2v) is 17.5. The lowest BCUT2D eigenvalue weighted by Gasteiger charge is -2.19. The lowest BCUT2D eigenvalue weighted by Crippen LogP contribution is -2.29. The molecule has 0 radical (unpaired) electrons. The van der Waals surface area contributed by atoms with Gasteiger partial charge in [0.2, 0.25) is 0 Å². The van der Waals surface area contributed by atoms with Gasteiger partial charge in [-0.05, 0) is 96.8 Å². The average Bonchev–Trinajstić information content (AvgIpc) is 3.25. The fourth-order valence-corrected chi connectivity index (χ4v) is 7.32. The lowest BCUT2D eigenvalue weighted by molar-refractivity contribution is -0.161. The molecular weight excluding hydrogens is 796 g/mol. The van der Waals surface area contributed by atoms with Gasteiger partial charge in [0.1, 0.15) is 6.61 Å². The van der Waals surface area contributed by atoms with E-state index in [0.29, 0.717) is 6.42 Å². The van der Waals surface area contributed by atoms with Crippen LogP contribution in [0.2, 0.25) is 0 Å². The maximum Gasteiger partial charge on any atom is 0.472 e. The number of carbonyl (C=O) groups is 2.